The second kappa shape index (κ2) is 6.58. The van der Waals surface area contributed by atoms with Crippen LogP contribution in [0.3, 0.4) is 0 Å². The third-order valence-corrected chi connectivity index (χ3v) is 3.55. The number of ether oxygens (including phenoxy) is 1. The summed E-state index contributed by atoms with van der Waals surface area (Å²) in [6, 6.07) is 12.1. The molecule has 0 aliphatic carbocycles. The third-order valence-electron chi connectivity index (χ3n) is 3.09. The number of nitrogens with one attached hydrogen (secondary N) is 1. The molecule has 2 aromatic rings. The summed E-state index contributed by atoms with van der Waals surface area (Å²) < 4.78 is 6.08. The van der Waals surface area contributed by atoms with Crippen LogP contribution in [-0.4, -0.2) is 12.0 Å². The molecule has 0 aliphatic heterocycles. The Morgan fingerprint density at radius 3 is 2.67 bits per heavy atom. The predicted octanol–water partition coefficient (Wildman–Crippen LogP) is 4.54. The van der Waals surface area contributed by atoms with Crippen LogP contribution in [0, 0.1) is 10.1 Å². The number of nitrogens with zero attached hydrogens (tertiary/aromatic N) is 1. The average molecular weight is 351 g/mol. The van der Waals surface area contributed by atoms with E-state index in [0.717, 1.165) is 10.2 Å². The first-order chi connectivity index (χ1) is 10.0. The van der Waals surface area contributed by atoms with Crippen molar-refractivity contribution in [1.82, 2.24) is 0 Å². The van der Waals surface area contributed by atoms with Gasteiger partial charge in [-0.3, -0.25) is 10.1 Å². The van der Waals surface area contributed by atoms with Gasteiger partial charge in [-0.25, -0.2) is 0 Å². The number of nitro benzene ring substituents is 1. The molecule has 2 aromatic carbocycles. The lowest BCUT2D eigenvalue weighted by Crippen LogP contribution is -2.09. The van der Waals surface area contributed by atoms with E-state index in [9.17, 15) is 10.1 Å². The molecule has 0 amide bonds. The van der Waals surface area contributed by atoms with Crippen molar-refractivity contribution in [3.63, 3.8) is 0 Å². The van der Waals surface area contributed by atoms with Gasteiger partial charge in [-0.15, -0.1) is 0 Å². The quantitative estimate of drug-likeness (QED) is 0.635. The fraction of sp³-hybridized carbons (Fsp3) is 0.200. The summed E-state index contributed by atoms with van der Waals surface area (Å²) in [5, 5.41) is 14.3. The molecule has 0 aliphatic rings. The van der Waals surface area contributed by atoms with Crippen LogP contribution in [0.5, 0.6) is 5.75 Å². The number of anilines is 1. The Morgan fingerprint density at radius 1 is 1.29 bits per heavy atom. The van der Waals surface area contributed by atoms with Gasteiger partial charge in [-0.05, 0) is 19.1 Å². The van der Waals surface area contributed by atoms with E-state index in [2.05, 4.69) is 21.2 Å². The first-order valence-corrected chi connectivity index (χ1v) is 7.15. The molecule has 5 nitrogen and oxygen atoms in total. The van der Waals surface area contributed by atoms with E-state index < -0.39 is 0 Å². The normalized spacial score (nSPS) is 11.8. The Bertz CT molecular complexity index is 661. The number of hydrogen-bond acceptors (Lipinski definition) is 4. The van der Waals surface area contributed by atoms with Gasteiger partial charge in [0.05, 0.1) is 23.6 Å². The lowest BCUT2D eigenvalue weighted by atomic mass is 10.1. The van der Waals surface area contributed by atoms with Crippen LogP contribution in [0.2, 0.25) is 0 Å². The molecule has 6 heteroatoms. The third kappa shape index (κ3) is 3.72. The molecule has 0 bridgehead atoms. The number of nitro groups is 1. The monoisotopic (exact) mass is 350 g/mol. The minimum absolute atomic E-state index is 0.111. The summed E-state index contributed by atoms with van der Waals surface area (Å²) in [6.07, 6.45) is 0. The van der Waals surface area contributed by atoms with Gasteiger partial charge in [0, 0.05) is 22.3 Å². The summed E-state index contributed by atoms with van der Waals surface area (Å²) in [4.78, 5) is 10.7. The molecule has 0 saturated heterocycles. The van der Waals surface area contributed by atoms with E-state index in [-0.39, 0.29) is 16.7 Å². The van der Waals surface area contributed by atoms with Gasteiger partial charge < -0.3 is 10.1 Å². The predicted molar refractivity (Wildman–Crippen MR) is 85.8 cm³/mol. The van der Waals surface area contributed by atoms with Gasteiger partial charge in [-0.1, -0.05) is 34.1 Å². The maximum atomic E-state index is 11.1. The van der Waals surface area contributed by atoms with E-state index in [1.807, 2.05) is 25.1 Å². The maximum Gasteiger partial charge on any atom is 0.274 e. The van der Waals surface area contributed by atoms with Crippen LogP contribution < -0.4 is 10.1 Å². The highest BCUT2D eigenvalue weighted by atomic mass is 79.9. The van der Waals surface area contributed by atoms with Crippen molar-refractivity contribution in [2.24, 2.45) is 0 Å². The maximum absolute atomic E-state index is 11.1. The molecule has 0 aromatic heterocycles. The lowest BCUT2D eigenvalue weighted by Gasteiger charge is -2.16. The summed E-state index contributed by atoms with van der Waals surface area (Å²) in [5.41, 5.74) is 1.58. The van der Waals surface area contributed by atoms with Crippen molar-refractivity contribution in [3.05, 3.63) is 62.6 Å². The number of rotatable bonds is 5. The SMILES string of the molecule is COc1cc(Br)cc(NC(C)c2ccccc2[N+](=O)[O-])c1. The van der Waals surface area contributed by atoms with Crippen LogP contribution in [0.15, 0.2) is 46.9 Å². The highest BCUT2D eigenvalue weighted by Gasteiger charge is 2.18. The van der Waals surface area contributed by atoms with Crippen molar-refractivity contribution in [3.8, 4) is 5.75 Å². The highest BCUT2D eigenvalue weighted by molar-refractivity contribution is 9.10. The number of hydrogen-bond donors (Lipinski definition) is 1. The first kappa shape index (κ1) is 15.3. The molecule has 1 atom stereocenters. The van der Waals surface area contributed by atoms with Crippen LogP contribution in [-0.2, 0) is 0 Å². The lowest BCUT2D eigenvalue weighted by molar-refractivity contribution is -0.385. The van der Waals surface area contributed by atoms with Crippen LogP contribution in [0.25, 0.3) is 0 Å². The van der Waals surface area contributed by atoms with E-state index in [4.69, 9.17) is 4.74 Å². The van der Waals surface area contributed by atoms with E-state index in [0.29, 0.717) is 11.3 Å². The minimum Gasteiger partial charge on any atom is -0.497 e. The Hall–Kier alpha value is -2.08. The van der Waals surface area contributed by atoms with Crippen molar-refractivity contribution in [2.45, 2.75) is 13.0 Å². The first-order valence-electron chi connectivity index (χ1n) is 6.35. The fourth-order valence-corrected chi connectivity index (χ4v) is 2.58. The van der Waals surface area contributed by atoms with Gasteiger partial charge in [0.1, 0.15) is 5.75 Å². The smallest absolute Gasteiger partial charge is 0.274 e. The standard InChI is InChI=1S/C15H15BrN2O3/c1-10(14-5-3-4-6-15(14)18(19)20)17-12-7-11(16)8-13(9-12)21-2/h3-10,17H,1-2H3. The number of benzene rings is 2. The molecular formula is C15H15BrN2O3. The second-order valence-corrected chi connectivity index (χ2v) is 5.48. The van der Waals surface area contributed by atoms with Gasteiger partial charge in [0.15, 0.2) is 0 Å². The van der Waals surface area contributed by atoms with Crippen molar-refractivity contribution in [1.29, 1.82) is 0 Å². The molecule has 0 fully saturated rings. The zero-order valence-corrected chi connectivity index (χ0v) is 13.3. The highest BCUT2D eigenvalue weighted by Crippen LogP contribution is 2.30. The molecule has 0 radical (unpaired) electrons. The van der Waals surface area contributed by atoms with Crippen LogP contribution in [0.1, 0.15) is 18.5 Å². The molecule has 1 unspecified atom stereocenters. The molecule has 1 N–H and O–H groups in total. The molecule has 0 heterocycles. The molecular weight excluding hydrogens is 336 g/mol. The molecule has 110 valence electrons. The zero-order chi connectivity index (χ0) is 15.4. The Balaban J connectivity index is 2.28. The van der Waals surface area contributed by atoms with Crippen LogP contribution >= 0.6 is 15.9 Å². The topological polar surface area (TPSA) is 64.4 Å². The molecule has 2 rings (SSSR count). The van der Waals surface area contributed by atoms with E-state index >= 15 is 0 Å². The van der Waals surface area contributed by atoms with Gasteiger partial charge >= 0.3 is 0 Å². The molecule has 0 saturated carbocycles. The van der Waals surface area contributed by atoms with Crippen molar-refractivity contribution < 1.29 is 9.66 Å². The fourth-order valence-electron chi connectivity index (χ4n) is 2.11. The van der Waals surface area contributed by atoms with E-state index in [1.54, 1.807) is 25.3 Å². The van der Waals surface area contributed by atoms with Gasteiger partial charge in [0.2, 0.25) is 0 Å². The molecule has 21 heavy (non-hydrogen) atoms. The van der Waals surface area contributed by atoms with E-state index in [1.165, 1.54) is 6.07 Å². The Labute approximate surface area is 131 Å². The minimum atomic E-state index is -0.366. The van der Waals surface area contributed by atoms with Gasteiger partial charge in [-0.2, -0.15) is 0 Å². The summed E-state index contributed by atoms with van der Waals surface area (Å²) in [6.45, 7) is 1.88. The largest absolute Gasteiger partial charge is 0.497 e. The number of halogens is 1. The summed E-state index contributed by atoms with van der Waals surface area (Å²) in [5.74, 6) is 0.710. The Morgan fingerprint density at radius 2 is 2.00 bits per heavy atom. The summed E-state index contributed by atoms with van der Waals surface area (Å²) >= 11 is 3.41. The van der Waals surface area contributed by atoms with Gasteiger partial charge in [0.25, 0.3) is 5.69 Å². The van der Waals surface area contributed by atoms with Crippen LogP contribution in [0.4, 0.5) is 11.4 Å². The van der Waals surface area contributed by atoms with Crippen molar-refractivity contribution >= 4 is 27.3 Å². The molecule has 0 spiro atoms. The number of methoxy groups -OCH3 is 1. The second-order valence-electron chi connectivity index (χ2n) is 4.56. The summed E-state index contributed by atoms with van der Waals surface area (Å²) in [7, 11) is 1.59. The van der Waals surface area contributed by atoms with Crippen molar-refractivity contribution in [2.75, 3.05) is 12.4 Å². The number of para-hydroxylation sites is 1. The Kier molecular flexibility index (Phi) is 4.80. The zero-order valence-electron chi connectivity index (χ0n) is 11.7. The average Bonchev–Trinajstić information content (AvgIpc) is 2.46.